The maximum absolute atomic E-state index is 13.4. The zero-order valence-corrected chi connectivity index (χ0v) is 11.2. The van der Waals surface area contributed by atoms with Gasteiger partial charge in [-0.05, 0) is 31.4 Å². The molecule has 0 spiro atoms. The van der Waals surface area contributed by atoms with Crippen molar-refractivity contribution >= 4 is 21.7 Å². The van der Waals surface area contributed by atoms with Crippen LogP contribution in [0.5, 0.6) is 0 Å². The molecule has 0 aromatic heterocycles. The molecule has 0 bridgehead atoms. The molecule has 1 aromatic rings. The molecule has 0 N–H and O–H groups in total. The summed E-state index contributed by atoms with van der Waals surface area (Å²) in [6, 6.07) is 4.98. The minimum atomic E-state index is -0.274. The lowest BCUT2D eigenvalue weighted by atomic mass is 10.0. The van der Waals surface area contributed by atoms with Crippen LogP contribution in [0, 0.1) is 12.7 Å². The predicted molar refractivity (Wildman–Crippen MR) is 67.5 cm³/mol. The van der Waals surface area contributed by atoms with Gasteiger partial charge in [-0.15, -0.1) is 0 Å². The van der Waals surface area contributed by atoms with Crippen LogP contribution in [0.15, 0.2) is 18.2 Å². The first-order valence-corrected chi connectivity index (χ1v) is 6.38. The number of hydrogen-bond acceptors (Lipinski definition) is 1. The van der Waals surface area contributed by atoms with Crippen molar-refractivity contribution in [2.45, 2.75) is 37.9 Å². The largest absolute Gasteiger partial charge is 0.298 e. The van der Waals surface area contributed by atoms with Gasteiger partial charge in [0.05, 0.1) is 4.83 Å². The number of ketones is 1. The van der Waals surface area contributed by atoms with Crippen LogP contribution in [-0.4, -0.2) is 10.6 Å². The van der Waals surface area contributed by atoms with Crippen molar-refractivity contribution in [1.29, 1.82) is 0 Å². The van der Waals surface area contributed by atoms with Gasteiger partial charge in [0.2, 0.25) is 0 Å². The number of benzene rings is 1. The number of carbonyl (C=O) groups excluding carboxylic acids is 1. The second-order valence-corrected chi connectivity index (χ2v) is 5.09. The quantitative estimate of drug-likeness (QED) is 0.753. The summed E-state index contributed by atoms with van der Waals surface area (Å²) in [6.07, 6.45) is 1.80. The van der Waals surface area contributed by atoms with Gasteiger partial charge < -0.3 is 0 Å². The third-order valence-electron chi connectivity index (χ3n) is 2.45. The van der Waals surface area contributed by atoms with Gasteiger partial charge >= 0.3 is 0 Å². The highest BCUT2D eigenvalue weighted by atomic mass is 79.9. The van der Waals surface area contributed by atoms with Crippen LogP contribution >= 0.6 is 15.9 Å². The molecule has 0 aliphatic heterocycles. The number of carbonyl (C=O) groups is 1. The molecule has 0 saturated carbocycles. The molecule has 0 radical (unpaired) electrons. The Morgan fingerprint density at radius 1 is 1.50 bits per heavy atom. The van der Waals surface area contributed by atoms with Crippen LogP contribution in [0.2, 0.25) is 0 Å². The van der Waals surface area contributed by atoms with Crippen LogP contribution < -0.4 is 0 Å². The highest BCUT2D eigenvalue weighted by Gasteiger charge is 2.16. The molecule has 0 fully saturated rings. The summed E-state index contributed by atoms with van der Waals surface area (Å²) in [7, 11) is 0. The third kappa shape index (κ3) is 3.71. The lowest BCUT2D eigenvalue weighted by Crippen LogP contribution is -2.16. The van der Waals surface area contributed by atoms with E-state index in [0.29, 0.717) is 18.4 Å². The van der Waals surface area contributed by atoms with Crippen molar-refractivity contribution in [3.05, 3.63) is 35.1 Å². The average Bonchev–Trinajstić information content (AvgIpc) is 2.23. The van der Waals surface area contributed by atoms with Crippen molar-refractivity contribution in [3.63, 3.8) is 0 Å². The van der Waals surface area contributed by atoms with Gasteiger partial charge in [-0.2, -0.15) is 0 Å². The molecule has 1 unspecified atom stereocenters. The first-order valence-electron chi connectivity index (χ1n) is 5.46. The number of alkyl halides is 1. The van der Waals surface area contributed by atoms with E-state index in [-0.39, 0.29) is 16.4 Å². The molecule has 1 rings (SSSR count). The zero-order valence-electron chi connectivity index (χ0n) is 9.59. The fraction of sp³-hybridized carbons (Fsp3) is 0.462. The molecule has 88 valence electrons. The van der Waals surface area contributed by atoms with E-state index in [1.54, 1.807) is 12.1 Å². The lowest BCUT2D eigenvalue weighted by Gasteiger charge is -2.09. The molecule has 1 aromatic carbocycles. The second kappa shape index (κ2) is 6.14. The first-order chi connectivity index (χ1) is 7.54. The standard InChI is InChI=1S/C13H16BrFO/c1-3-4-13(16)11(14)8-10-7-9(2)5-6-12(10)15/h5-7,11H,3-4,8H2,1-2H3. The van der Waals surface area contributed by atoms with Gasteiger partial charge in [-0.3, -0.25) is 4.79 Å². The Bertz CT molecular complexity index is 376. The Morgan fingerprint density at radius 3 is 2.81 bits per heavy atom. The normalized spacial score (nSPS) is 12.5. The molecular weight excluding hydrogens is 271 g/mol. The van der Waals surface area contributed by atoms with Crippen LogP contribution in [0.3, 0.4) is 0 Å². The van der Waals surface area contributed by atoms with Crippen molar-refractivity contribution < 1.29 is 9.18 Å². The van der Waals surface area contributed by atoms with E-state index in [9.17, 15) is 9.18 Å². The van der Waals surface area contributed by atoms with E-state index in [1.165, 1.54) is 6.07 Å². The first kappa shape index (κ1) is 13.4. The highest BCUT2D eigenvalue weighted by molar-refractivity contribution is 9.10. The minimum Gasteiger partial charge on any atom is -0.298 e. The molecule has 1 atom stereocenters. The van der Waals surface area contributed by atoms with Gasteiger partial charge in [-0.25, -0.2) is 4.39 Å². The Morgan fingerprint density at radius 2 is 2.19 bits per heavy atom. The van der Waals surface area contributed by atoms with E-state index in [0.717, 1.165) is 12.0 Å². The topological polar surface area (TPSA) is 17.1 Å². The summed E-state index contributed by atoms with van der Waals surface area (Å²) < 4.78 is 13.4. The van der Waals surface area contributed by atoms with Crippen molar-refractivity contribution in [1.82, 2.24) is 0 Å². The molecule has 0 aliphatic rings. The predicted octanol–water partition coefficient (Wildman–Crippen LogP) is 3.81. The summed E-state index contributed by atoms with van der Waals surface area (Å²) in [4.78, 5) is 11.3. The molecule has 0 amide bonds. The van der Waals surface area contributed by atoms with E-state index < -0.39 is 0 Å². The monoisotopic (exact) mass is 286 g/mol. The van der Waals surface area contributed by atoms with E-state index >= 15 is 0 Å². The fourth-order valence-electron chi connectivity index (χ4n) is 1.57. The molecule has 1 nitrogen and oxygen atoms in total. The number of Topliss-reactive ketones (excluding diaryl/α,β-unsaturated/α-hetero) is 1. The maximum Gasteiger partial charge on any atom is 0.146 e. The number of hydrogen-bond donors (Lipinski definition) is 0. The van der Waals surface area contributed by atoms with Crippen LogP contribution in [0.25, 0.3) is 0 Å². The molecule has 3 heteroatoms. The van der Waals surface area contributed by atoms with Gasteiger partial charge in [0.25, 0.3) is 0 Å². The van der Waals surface area contributed by atoms with Crippen LogP contribution in [0.4, 0.5) is 4.39 Å². The molecule has 16 heavy (non-hydrogen) atoms. The van der Waals surface area contributed by atoms with E-state index in [4.69, 9.17) is 0 Å². The fourth-order valence-corrected chi connectivity index (χ4v) is 2.15. The zero-order chi connectivity index (χ0) is 12.1. The lowest BCUT2D eigenvalue weighted by molar-refractivity contribution is -0.118. The van der Waals surface area contributed by atoms with Crippen molar-refractivity contribution in [3.8, 4) is 0 Å². The van der Waals surface area contributed by atoms with Crippen LogP contribution in [-0.2, 0) is 11.2 Å². The second-order valence-electron chi connectivity index (χ2n) is 3.98. The number of halogens is 2. The Kier molecular flexibility index (Phi) is 5.13. The number of rotatable bonds is 5. The summed E-state index contributed by atoms with van der Waals surface area (Å²) in [6.45, 7) is 3.88. The summed E-state index contributed by atoms with van der Waals surface area (Å²) in [5.41, 5.74) is 1.62. The van der Waals surface area contributed by atoms with Gasteiger partial charge in [0, 0.05) is 6.42 Å². The molecule has 0 saturated heterocycles. The third-order valence-corrected chi connectivity index (χ3v) is 3.28. The SMILES string of the molecule is CCCC(=O)C(Br)Cc1cc(C)ccc1F. The molecule has 0 aliphatic carbocycles. The molecule has 0 heterocycles. The maximum atomic E-state index is 13.4. The Hall–Kier alpha value is -0.700. The molecular formula is C13H16BrFO. The van der Waals surface area contributed by atoms with Gasteiger partial charge in [-0.1, -0.05) is 40.5 Å². The Balaban J connectivity index is 2.72. The average molecular weight is 287 g/mol. The van der Waals surface area contributed by atoms with E-state index in [2.05, 4.69) is 15.9 Å². The summed E-state index contributed by atoms with van der Waals surface area (Å²) in [5.74, 6) is -0.0947. The van der Waals surface area contributed by atoms with Crippen molar-refractivity contribution in [2.75, 3.05) is 0 Å². The minimum absolute atomic E-state index is 0.142. The van der Waals surface area contributed by atoms with Gasteiger partial charge in [0.1, 0.15) is 11.6 Å². The smallest absolute Gasteiger partial charge is 0.146 e. The van der Waals surface area contributed by atoms with Crippen LogP contribution in [0.1, 0.15) is 30.9 Å². The summed E-state index contributed by atoms with van der Waals surface area (Å²) in [5, 5.41) is 0. The van der Waals surface area contributed by atoms with Gasteiger partial charge in [0.15, 0.2) is 0 Å². The summed E-state index contributed by atoms with van der Waals surface area (Å²) >= 11 is 3.32. The van der Waals surface area contributed by atoms with E-state index in [1.807, 2.05) is 13.8 Å². The number of aryl methyl sites for hydroxylation is 1. The van der Waals surface area contributed by atoms with Crippen molar-refractivity contribution in [2.24, 2.45) is 0 Å². The highest BCUT2D eigenvalue weighted by Crippen LogP contribution is 2.17. The Labute approximate surface area is 104 Å².